The minimum Gasteiger partial charge on any atom is -0.334 e. The number of pyridine rings is 1. The lowest BCUT2D eigenvalue weighted by atomic mass is 9.91. The third-order valence-corrected chi connectivity index (χ3v) is 5.25. The molecule has 4 aromatic rings. The predicted molar refractivity (Wildman–Crippen MR) is 106 cm³/mol. The standard InChI is InChI=1S/C20H17N7O3/c1-10-8-13(14-9-21-27(3)16(14)22-10)17-23-15(26-30-17)11-4-6-12(7-5-11)20(2)18(28)24-19(29)25-20/h4-9H,1-3H3,(H2,24,25,28,29). The zero-order chi connectivity index (χ0) is 21.0. The van der Waals surface area contributed by atoms with Crippen molar-refractivity contribution in [2.75, 3.05) is 0 Å². The quantitative estimate of drug-likeness (QED) is 0.501. The summed E-state index contributed by atoms with van der Waals surface area (Å²) in [7, 11) is 1.83. The number of aryl methyl sites for hydroxylation is 2. The molecule has 10 heteroatoms. The summed E-state index contributed by atoms with van der Waals surface area (Å²) in [5, 5.41) is 14.1. The van der Waals surface area contributed by atoms with E-state index in [1.807, 2.05) is 20.0 Å². The van der Waals surface area contributed by atoms with Crippen molar-refractivity contribution in [2.24, 2.45) is 7.05 Å². The van der Waals surface area contributed by atoms with Crippen LogP contribution in [0.5, 0.6) is 0 Å². The lowest BCUT2D eigenvalue weighted by molar-refractivity contribution is -0.123. The van der Waals surface area contributed by atoms with Crippen molar-refractivity contribution >= 4 is 23.0 Å². The predicted octanol–water partition coefficient (Wildman–Crippen LogP) is 2.05. The maximum absolute atomic E-state index is 12.1. The van der Waals surface area contributed by atoms with E-state index < -0.39 is 17.5 Å². The van der Waals surface area contributed by atoms with Crippen LogP contribution in [0.4, 0.5) is 4.79 Å². The van der Waals surface area contributed by atoms with Crippen molar-refractivity contribution < 1.29 is 14.1 Å². The lowest BCUT2D eigenvalue weighted by Crippen LogP contribution is -2.40. The number of fused-ring (bicyclic) bond motifs is 1. The molecule has 30 heavy (non-hydrogen) atoms. The molecule has 1 fully saturated rings. The Labute approximate surface area is 170 Å². The summed E-state index contributed by atoms with van der Waals surface area (Å²) >= 11 is 0. The fraction of sp³-hybridized carbons (Fsp3) is 0.200. The zero-order valence-electron chi connectivity index (χ0n) is 16.4. The number of benzene rings is 1. The van der Waals surface area contributed by atoms with Gasteiger partial charge in [0.1, 0.15) is 5.54 Å². The fourth-order valence-electron chi connectivity index (χ4n) is 3.57. The number of amides is 3. The van der Waals surface area contributed by atoms with Crippen LogP contribution in [-0.2, 0) is 17.4 Å². The molecule has 0 radical (unpaired) electrons. The highest BCUT2D eigenvalue weighted by Gasteiger charge is 2.43. The van der Waals surface area contributed by atoms with E-state index in [-0.39, 0.29) is 0 Å². The SMILES string of the molecule is Cc1cc(-c2nc(-c3ccc(C4(C)NC(=O)NC4=O)cc3)no2)c2cnn(C)c2n1. The van der Waals surface area contributed by atoms with Crippen molar-refractivity contribution in [1.82, 2.24) is 35.5 Å². The summed E-state index contributed by atoms with van der Waals surface area (Å²) in [6, 6.07) is 8.45. The number of nitrogens with one attached hydrogen (secondary N) is 2. The van der Waals surface area contributed by atoms with E-state index in [0.29, 0.717) is 17.3 Å². The second kappa shape index (κ2) is 6.21. The number of urea groups is 1. The van der Waals surface area contributed by atoms with Crippen molar-refractivity contribution in [3.8, 4) is 22.8 Å². The maximum Gasteiger partial charge on any atom is 0.322 e. The van der Waals surface area contributed by atoms with E-state index in [0.717, 1.165) is 27.9 Å². The fourth-order valence-corrected chi connectivity index (χ4v) is 3.57. The minimum absolute atomic E-state index is 0.368. The molecule has 10 nitrogen and oxygen atoms in total. The summed E-state index contributed by atoms with van der Waals surface area (Å²) in [5.74, 6) is 0.385. The Morgan fingerprint density at radius 2 is 1.90 bits per heavy atom. The van der Waals surface area contributed by atoms with Gasteiger partial charge in [0.2, 0.25) is 5.82 Å². The average molecular weight is 403 g/mol. The van der Waals surface area contributed by atoms with Crippen LogP contribution in [-0.4, -0.2) is 36.8 Å². The van der Waals surface area contributed by atoms with E-state index in [4.69, 9.17) is 4.52 Å². The lowest BCUT2D eigenvalue weighted by Gasteiger charge is -2.20. The number of aromatic nitrogens is 5. The molecule has 4 heterocycles. The first-order chi connectivity index (χ1) is 14.3. The van der Waals surface area contributed by atoms with Gasteiger partial charge < -0.3 is 9.84 Å². The third kappa shape index (κ3) is 2.65. The number of rotatable bonds is 3. The van der Waals surface area contributed by atoms with E-state index in [1.54, 1.807) is 42.1 Å². The van der Waals surface area contributed by atoms with Gasteiger partial charge in [-0.3, -0.25) is 14.8 Å². The van der Waals surface area contributed by atoms with Crippen molar-refractivity contribution in [3.05, 3.63) is 47.8 Å². The van der Waals surface area contributed by atoms with Crippen molar-refractivity contribution in [3.63, 3.8) is 0 Å². The van der Waals surface area contributed by atoms with Crippen LogP contribution in [0, 0.1) is 6.92 Å². The topological polar surface area (TPSA) is 128 Å². The Kier molecular flexibility index (Phi) is 3.72. The smallest absolute Gasteiger partial charge is 0.322 e. The highest BCUT2D eigenvalue weighted by molar-refractivity contribution is 6.07. The van der Waals surface area contributed by atoms with Gasteiger partial charge in [-0.2, -0.15) is 10.1 Å². The van der Waals surface area contributed by atoms with E-state index in [9.17, 15) is 9.59 Å². The molecule has 1 saturated heterocycles. The number of imide groups is 1. The maximum atomic E-state index is 12.1. The Morgan fingerprint density at radius 3 is 2.60 bits per heavy atom. The monoisotopic (exact) mass is 403 g/mol. The summed E-state index contributed by atoms with van der Waals surface area (Å²) in [6.45, 7) is 3.55. The minimum atomic E-state index is -1.11. The first-order valence-electron chi connectivity index (χ1n) is 9.23. The van der Waals surface area contributed by atoms with Crippen LogP contribution in [0.3, 0.4) is 0 Å². The zero-order valence-corrected chi connectivity index (χ0v) is 16.4. The molecule has 0 aliphatic carbocycles. The van der Waals surface area contributed by atoms with Crippen molar-refractivity contribution in [1.29, 1.82) is 0 Å². The molecule has 1 aromatic carbocycles. The molecule has 3 aromatic heterocycles. The van der Waals surface area contributed by atoms with Gasteiger partial charge in [0.25, 0.3) is 11.8 Å². The van der Waals surface area contributed by atoms with Crippen LogP contribution in [0.2, 0.25) is 0 Å². The molecule has 1 unspecified atom stereocenters. The van der Waals surface area contributed by atoms with Gasteiger partial charge in [-0.15, -0.1) is 0 Å². The van der Waals surface area contributed by atoms with Crippen LogP contribution < -0.4 is 10.6 Å². The molecule has 1 aliphatic heterocycles. The van der Waals surface area contributed by atoms with Gasteiger partial charge in [0.15, 0.2) is 5.65 Å². The summed E-state index contributed by atoms with van der Waals surface area (Å²) in [4.78, 5) is 32.6. The van der Waals surface area contributed by atoms with Gasteiger partial charge in [-0.25, -0.2) is 9.78 Å². The summed E-state index contributed by atoms with van der Waals surface area (Å²) < 4.78 is 7.21. The van der Waals surface area contributed by atoms with Crippen molar-refractivity contribution in [2.45, 2.75) is 19.4 Å². The summed E-state index contributed by atoms with van der Waals surface area (Å²) in [5.41, 5.74) is 2.57. The third-order valence-electron chi connectivity index (χ3n) is 5.25. The molecular formula is C20H17N7O3. The molecule has 0 saturated carbocycles. The number of hydrogen-bond donors (Lipinski definition) is 2. The van der Waals surface area contributed by atoms with Gasteiger partial charge in [0.05, 0.1) is 17.1 Å². The largest absolute Gasteiger partial charge is 0.334 e. The molecule has 1 aliphatic rings. The average Bonchev–Trinajstić information content (AvgIpc) is 3.41. The Hall–Kier alpha value is -4.08. The normalized spacial score (nSPS) is 18.6. The van der Waals surface area contributed by atoms with Crippen LogP contribution in [0.25, 0.3) is 33.9 Å². The molecule has 2 N–H and O–H groups in total. The molecule has 1 atom stereocenters. The van der Waals surface area contributed by atoms with E-state index in [1.165, 1.54) is 0 Å². The molecule has 0 bridgehead atoms. The Bertz CT molecular complexity index is 1320. The van der Waals surface area contributed by atoms with Gasteiger partial charge in [-0.05, 0) is 25.5 Å². The highest BCUT2D eigenvalue weighted by Crippen LogP contribution is 2.30. The molecule has 5 rings (SSSR count). The van der Waals surface area contributed by atoms with Crippen LogP contribution in [0.1, 0.15) is 18.2 Å². The molecule has 0 spiro atoms. The Balaban J connectivity index is 1.50. The summed E-state index contributed by atoms with van der Waals surface area (Å²) in [6.07, 6.45) is 1.72. The Morgan fingerprint density at radius 1 is 1.13 bits per heavy atom. The number of carbonyl (C=O) groups is 2. The first kappa shape index (κ1) is 18.0. The second-order valence-corrected chi connectivity index (χ2v) is 7.35. The molecule has 150 valence electrons. The van der Waals surface area contributed by atoms with E-state index >= 15 is 0 Å². The molecule has 3 amide bonds. The van der Waals surface area contributed by atoms with Crippen LogP contribution >= 0.6 is 0 Å². The molecular weight excluding hydrogens is 386 g/mol. The van der Waals surface area contributed by atoms with E-state index in [2.05, 4.69) is 30.9 Å². The number of nitrogens with zero attached hydrogens (tertiary/aromatic N) is 5. The number of hydrogen-bond acceptors (Lipinski definition) is 7. The van der Waals surface area contributed by atoms with Gasteiger partial charge in [-0.1, -0.05) is 29.4 Å². The first-order valence-corrected chi connectivity index (χ1v) is 9.23. The van der Waals surface area contributed by atoms with Gasteiger partial charge in [0, 0.05) is 18.3 Å². The van der Waals surface area contributed by atoms with Gasteiger partial charge >= 0.3 is 6.03 Å². The highest BCUT2D eigenvalue weighted by atomic mass is 16.5. The second-order valence-electron chi connectivity index (χ2n) is 7.35. The van der Waals surface area contributed by atoms with Crippen LogP contribution in [0.15, 0.2) is 41.1 Å². The number of carbonyl (C=O) groups excluding carboxylic acids is 2.